The van der Waals surface area contributed by atoms with Crippen LogP contribution in [-0.2, 0) is 0 Å². The molecule has 0 radical (unpaired) electrons. The van der Waals surface area contributed by atoms with Crippen LogP contribution in [0.15, 0.2) is 42.5 Å². The number of aromatic nitrogens is 1. The fourth-order valence-electron chi connectivity index (χ4n) is 2.39. The summed E-state index contributed by atoms with van der Waals surface area (Å²) in [5, 5.41) is 18.8. The van der Waals surface area contributed by atoms with E-state index in [1.807, 2.05) is 30.4 Å². The average Bonchev–Trinajstić information content (AvgIpc) is 2.63. The van der Waals surface area contributed by atoms with Crippen LogP contribution in [0, 0.1) is 0 Å². The molecule has 0 fully saturated rings. The van der Waals surface area contributed by atoms with Crippen LogP contribution in [0.25, 0.3) is 12.2 Å². The van der Waals surface area contributed by atoms with Crippen molar-refractivity contribution in [2.24, 2.45) is 0 Å². The van der Waals surface area contributed by atoms with E-state index >= 15 is 0 Å². The highest BCUT2D eigenvalue weighted by Crippen LogP contribution is 2.07. The second-order valence-electron chi connectivity index (χ2n) is 6.24. The Morgan fingerprint density at radius 3 is 2.44 bits per heavy atom. The van der Waals surface area contributed by atoms with Crippen LogP contribution in [0.2, 0.25) is 0 Å². The number of nitrogens with zero attached hydrogens (tertiary/aromatic N) is 1. The summed E-state index contributed by atoms with van der Waals surface area (Å²) in [6.45, 7) is 2.46. The van der Waals surface area contributed by atoms with E-state index in [1.165, 1.54) is 19.3 Å². The van der Waals surface area contributed by atoms with Crippen molar-refractivity contribution in [3.05, 3.63) is 53.9 Å². The first-order valence-corrected chi connectivity index (χ1v) is 9.52. The van der Waals surface area contributed by atoms with Gasteiger partial charge in [0, 0.05) is 6.61 Å². The van der Waals surface area contributed by atoms with Gasteiger partial charge in [-0.2, -0.15) is 0 Å². The van der Waals surface area contributed by atoms with Gasteiger partial charge in [-0.3, -0.25) is 0 Å². The number of aliphatic hydroxyl groups is 2. The molecule has 0 saturated carbocycles. The molecule has 0 aliphatic rings. The smallest absolute Gasteiger partial charge is 0.0759 e. The van der Waals surface area contributed by atoms with Crippen LogP contribution in [0.5, 0.6) is 0 Å². The van der Waals surface area contributed by atoms with Crippen molar-refractivity contribution in [3.8, 4) is 0 Å². The zero-order valence-corrected chi connectivity index (χ0v) is 15.5. The highest BCUT2D eigenvalue weighted by molar-refractivity contribution is 5.51. The van der Waals surface area contributed by atoms with Gasteiger partial charge < -0.3 is 10.2 Å². The van der Waals surface area contributed by atoms with E-state index < -0.39 is 6.10 Å². The third-order valence-corrected chi connectivity index (χ3v) is 3.87. The van der Waals surface area contributed by atoms with Gasteiger partial charge in [0.2, 0.25) is 0 Å². The minimum absolute atomic E-state index is 0.253. The number of hydrogen-bond donors (Lipinski definition) is 2. The van der Waals surface area contributed by atoms with Crippen molar-refractivity contribution in [3.63, 3.8) is 0 Å². The van der Waals surface area contributed by atoms with Crippen molar-refractivity contribution >= 4 is 12.2 Å². The number of unbranched alkanes of at least 4 members (excludes halogenated alkanes) is 5. The molecule has 1 aromatic heterocycles. The summed E-state index contributed by atoms with van der Waals surface area (Å²) < 4.78 is 0. The molecule has 0 amide bonds. The number of rotatable bonds is 13. The van der Waals surface area contributed by atoms with E-state index in [1.54, 1.807) is 6.08 Å². The minimum Gasteiger partial charge on any atom is -0.396 e. The van der Waals surface area contributed by atoms with E-state index in [4.69, 9.17) is 5.11 Å². The lowest BCUT2D eigenvalue weighted by Gasteiger charge is -2.01. The molecule has 1 atom stereocenters. The Kier molecular flexibility index (Phi) is 12.5. The van der Waals surface area contributed by atoms with Crippen molar-refractivity contribution in [1.82, 2.24) is 4.98 Å². The fourth-order valence-corrected chi connectivity index (χ4v) is 2.39. The summed E-state index contributed by atoms with van der Waals surface area (Å²) in [7, 11) is 0. The standard InChI is InChI=1S/C22H33NO2/c1-2-3-4-5-6-10-16-22(25)18-17-21-15-12-14-20(23-21)13-9-7-8-11-19-24/h6,9-10,12-15,17-18,22,24-25H,2-5,7-8,11,16,19H2,1H3/b10-6+,13-9+,18-17+. The molecule has 0 saturated heterocycles. The summed E-state index contributed by atoms with van der Waals surface area (Å²) in [6.07, 6.45) is 19.8. The molecule has 1 unspecified atom stereocenters. The zero-order valence-electron chi connectivity index (χ0n) is 15.5. The van der Waals surface area contributed by atoms with Crippen LogP contribution >= 0.6 is 0 Å². The van der Waals surface area contributed by atoms with Crippen molar-refractivity contribution in [2.45, 2.75) is 64.4 Å². The highest BCUT2D eigenvalue weighted by atomic mass is 16.3. The summed E-state index contributed by atoms with van der Waals surface area (Å²) in [6, 6.07) is 5.88. The van der Waals surface area contributed by atoms with E-state index in [2.05, 4.69) is 30.1 Å². The minimum atomic E-state index is -0.470. The number of pyridine rings is 1. The Morgan fingerprint density at radius 2 is 1.68 bits per heavy atom. The fraction of sp³-hybridized carbons (Fsp3) is 0.500. The monoisotopic (exact) mass is 343 g/mol. The van der Waals surface area contributed by atoms with Gasteiger partial charge in [-0.15, -0.1) is 0 Å². The van der Waals surface area contributed by atoms with E-state index in [9.17, 15) is 5.11 Å². The molecule has 0 bridgehead atoms. The third-order valence-electron chi connectivity index (χ3n) is 3.87. The van der Waals surface area contributed by atoms with Crippen molar-refractivity contribution in [1.29, 1.82) is 0 Å². The topological polar surface area (TPSA) is 53.4 Å². The van der Waals surface area contributed by atoms with Crippen LogP contribution < -0.4 is 0 Å². The van der Waals surface area contributed by atoms with Gasteiger partial charge >= 0.3 is 0 Å². The third kappa shape index (κ3) is 11.5. The number of aliphatic hydroxyl groups excluding tert-OH is 2. The lowest BCUT2D eigenvalue weighted by atomic mass is 10.1. The molecule has 138 valence electrons. The maximum absolute atomic E-state index is 10.0. The van der Waals surface area contributed by atoms with E-state index in [-0.39, 0.29) is 6.61 Å². The van der Waals surface area contributed by atoms with Gasteiger partial charge in [-0.1, -0.05) is 50.1 Å². The lowest BCUT2D eigenvalue weighted by molar-refractivity contribution is 0.227. The molecule has 3 heteroatoms. The van der Waals surface area contributed by atoms with Gasteiger partial charge in [0.15, 0.2) is 0 Å². The van der Waals surface area contributed by atoms with Gasteiger partial charge in [0.1, 0.15) is 0 Å². The number of hydrogen-bond acceptors (Lipinski definition) is 3. The molecule has 1 heterocycles. The second kappa shape index (κ2) is 14.6. The van der Waals surface area contributed by atoms with Crippen molar-refractivity contribution in [2.75, 3.05) is 6.61 Å². The Bertz CT molecular complexity index is 535. The molecule has 0 aliphatic heterocycles. The Morgan fingerprint density at radius 1 is 0.960 bits per heavy atom. The molecule has 2 N–H and O–H groups in total. The molecule has 1 aromatic rings. The average molecular weight is 344 g/mol. The first kappa shape index (κ1) is 21.3. The maximum Gasteiger partial charge on any atom is 0.0759 e. The summed E-state index contributed by atoms with van der Waals surface area (Å²) >= 11 is 0. The molecule has 0 spiro atoms. The molecule has 0 aromatic carbocycles. The summed E-state index contributed by atoms with van der Waals surface area (Å²) in [5.41, 5.74) is 1.76. The molecule has 3 nitrogen and oxygen atoms in total. The van der Waals surface area contributed by atoms with Gasteiger partial charge in [-0.25, -0.2) is 4.98 Å². The van der Waals surface area contributed by atoms with Crippen LogP contribution in [0.4, 0.5) is 0 Å². The van der Waals surface area contributed by atoms with Gasteiger partial charge in [0.25, 0.3) is 0 Å². The first-order chi connectivity index (χ1) is 12.3. The lowest BCUT2D eigenvalue weighted by Crippen LogP contribution is -1.99. The number of allylic oxidation sites excluding steroid dienone is 2. The molecule has 1 rings (SSSR count). The first-order valence-electron chi connectivity index (χ1n) is 9.52. The SMILES string of the molecule is CCCCC/C=C/CC(O)/C=C/c1cccc(/C=C/CCCCO)n1. The molecule has 25 heavy (non-hydrogen) atoms. The highest BCUT2D eigenvalue weighted by Gasteiger charge is 1.97. The predicted molar refractivity (Wildman–Crippen MR) is 107 cm³/mol. The summed E-state index contributed by atoms with van der Waals surface area (Å²) in [4.78, 5) is 4.54. The second-order valence-corrected chi connectivity index (χ2v) is 6.24. The van der Waals surface area contributed by atoms with Gasteiger partial charge in [0.05, 0.1) is 17.5 Å². The maximum atomic E-state index is 10.0. The molecular formula is C22H33NO2. The van der Waals surface area contributed by atoms with Crippen LogP contribution in [0.1, 0.15) is 69.7 Å². The van der Waals surface area contributed by atoms with Crippen LogP contribution in [0.3, 0.4) is 0 Å². The quantitative estimate of drug-likeness (QED) is 0.384. The Balaban J connectivity index is 2.39. The molecule has 0 aliphatic carbocycles. The largest absolute Gasteiger partial charge is 0.396 e. The zero-order chi connectivity index (χ0) is 18.2. The summed E-state index contributed by atoms with van der Waals surface area (Å²) in [5.74, 6) is 0. The Hall–Kier alpha value is -1.71. The van der Waals surface area contributed by atoms with Crippen molar-refractivity contribution < 1.29 is 10.2 Å². The molecular weight excluding hydrogens is 310 g/mol. The van der Waals surface area contributed by atoms with E-state index in [0.29, 0.717) is 6.42 Å². The predicted octanol–water partition coefficient (Wildman–Crippen LogP) is 5.16. The Labute approximate surface area is 152 Å². The normalized spacial score (nSPS) is 13.4. The van der Waals surface area contributed by atoms with Gasteiger partial charge in [-0.05, 0) is 62.8 Å². The van der Waals surface area contributed by atoms with Crippen LogP contribution in [-0.4, -0.2) is 27.9 Å². The van der Waals surface area contributed by atoms with E-state index in [0.717, 1.165) is 37.1 Å².